The summed E-state index contributed by atoms with van der Waals surface area (Å²) < 4.78 is 11.8. The Morgan fingerprint density at radius 2 is 1.04 bits per heavy atom. The third kappa shape index (κ3) is 4.98. The first kappa shape index (κ1) is 31.9. The molecular formula is C51H30N4OS. The Bertz CT molecular complexity index is 3460. The average molecular weight is 747 g/mol. The molecule has 0 aliphatic heterocycles. The number of hydrogen-bond acceptors (Lipinski definition) is 5. The van der Waals surface area contributed by atoms with E-state index in [1.165, 1.54) is 31.2 Å². The first-order valence-corrected chi connectivity index (χ1v) is 19.8. The maximum absolute atomic E-state index is 6.80. The lowest BCUT2D eigenvalue weighted by atomic mass is 9.93. The van der Waals surface area contributed by atoms with E-state index >= 15 is 0 Å². The highest BCUT2D eigenvalue weighted by molar-refractivity contribution is 7.26. The maximum Gasteiger partial charge on any atom is 0.164 e. The van der Waals surface area contributed by atoms with Crippen molar-refractivity contribution in [2.24, 2.45) is 0 Å². The molecule has 0 aliphatic carbocycles. The number of para-hydroxylation sites is 1. The normalized spacial score (nSPS) is 11.9. The first-order chi connectivity index (χ1) is 28.3. The summed E-state index contributed by atoms with van der Waals surface area (Å²) in [6.07, 6.45) is 0. The Kier molecular flexibility index (Phi) is 7.03. The summed E-state index contributed by atoms with van der Waals surface area (Å²) in [6.45, 7) is 0. The SMILES string of the molecule is c1ccc(-c2nc(-c3ccccc3)nc(-c3cccc4oc5cc(-c6cccc(-n7c8ccccc8c8sc9ccccc9c87)c6)c6ccccc6c5c34)n2)cc1. The van der Waals surface area contributed by atoms with Crippen LogP contribution in [0.3, 0.4) is 0 Å². The lowest BCUT2D eigenvalue weighted by molar-refractivity contribution is 0.669. The molecule has 0 N–H and O–H groups in total. The van der Waals surface area contributed by atoms with Crippen molar-refractivity contribution in [3.63, 3.8) is 0 Å². The fourth-order valence-electron chi connectivity index (χ4n) is 8.53. The van der Waals surface area contributed by atoms with Crippen molar-refractivity contribution in [1.82, 2.24) is 19.5 Å². The molecular weight excluding hydrogens is 717 g/mol. The lowest BCUT2D eigenvalue weighted by Crippen LogP contribution is -2.00. The first-order valence-electron chi connectivity index (χ1n) is 19.0. The summed E-state index contributed by atoms with van der Waals surface area (Å²) >= 11 is 1.87. The summed E-state index contributed by atoms with van der Waals surface area (Å²) in [5.74, 6) is 1.85. The van der Waals surface area contributed by atoms with Crippen LogP contribution in [0.4, 0.5) is 0 Å². The minimum absolute atomic E-state index is 0.600. The Labute approximate surface area is 330 Å². The summed E-state index contributed by atoms with van der Waals surface area (Å²) in [5, 5.41) is 6.83. The van der Waals surface area contributed by atoms with E-state index in [9.17, 15) is 0 Å². The number of fused-ring (bicyclic) bond motifs is 10. The molecule has 57 heavy (non-hydrogen) atoms. The van der Waals surface area contributed by atoms with Gasteiger partial charge in [0.05, 0.1) is 15.7 Å². The zero-order chi connectivity index (χ0) is 37.5. The average Bonchev–Trinajstić information content (AvgIpc) is 3.96. The van der Waals surface area contributed by atoms with Crippen molar-refractivity contribution < 1.29 is 4.42 Å². The predicted molar refractivity (Wildman–Crippen MR) is 236 cm³/mol. The van der Waals surface area contributed by atoms with Gasteiger partial charge in [-0.1, -0.05) is 146 Å². The number of benzene rings is 8. The molecule has 266 valence electrons. The van der Waals surface area contributed by atoms with Crippen LogP contribution in [0.2, 0.25) is 0 Å². The second kappa shape index (κ2) is 12.6. The van der Waals surface area contributed by atoms with Gasteiger partial charge in [0.15, 0.2) is 17.5 Å². The van der Waals surface area contributed by atoms with Crippen molar-refractivity contribution in [2.75, 3.05) is 0 Å². The maximum atomic E-state index is 6.80. The van der Waals surface area contributed by atoms with E-state index in [-0.39, 0.29) is 0 Å². The third-order valence-electron chi connectivity index (χ3n) is 11.0. The summed E-state index contributed by atoms with van der Waals surface area (Å²) in [5.41, 5.74) is 10.2. The molecule has 4 aromatic heterocycles. The van der Waals surface area contributed by atoms with Gasteiger partial charge in [0.25, 0.3) is 0 Å². The molecule has 0 saturated carbocycles. The zero-order valence-corrected chi connectivity index (χ0v) is 31.2. The van der Waals surface area contributed by atoms with Crippen molar-refractivity contribution in [2.45, 2.75) is 0 Å². The van der Waals surface area contributed by atoms with Crippen LogP contribution < -0.4 is 0 Å². The Hall–Kier alpha value is -7.41. The van der Waals surface area contributed by atoms with Crippen molar-refractivity contribution >= 4 is 75.3 Å². The molecule has 8 aromatic carbocycles. The number of nitrogens with zero attached hydrogens (tertiary/aromatic N) is 4. The second-order valence-corrected chi connectivity index (χ2v) is 15.4. The van der Waals surface area contributed by atoms with Crippen molar-refractivity contribution in [3.05, 3.63) is 182 Å². The monoisotopic (exact) mass is 746 g/mol. The van der Waals surface area contributed by atoms with Gasteiger partial charge in [-0.05, 0) is 58.3 Å². The lowest BCUT2D eigenvalue weighted by Gasteiger charge is -2.13. The fraction of sp³-hybridized carbons (Fsp3) is 0. The van der Waals surface area contributed by atoms with Crippen LogP contribution in [0.15, 0.2) is 186 Å². The Balaban J connectivity index is 1.08. The van der Waals surface area contributed by atoms with Gasteiger partial charge in [-0.25, -0.2) is 15.0 Å². The largest absolute Gasteiger partial charge is 0.456 e. The predicted octanol–water partition coefficient (Wildman–Crippen LogP) is 13.9. The van der Waals surface area contributed by atoms with Crippen LogP contribution in [0.1, 0.15) is 0 Å². The molecule has 0 fully saturated rings. The molecule has 0 amide bonds. The minimum atomic E-state index is 0.600. The van der Waals surface area contributed by atoms with E-state index in [1.807, 2.05) is 84.1 Å². The molecule has 4 heterocycles. The van der Waals surface area contributed by atoms with Crippen LogP contribution in [-0.4, -0.2) is 19.5 Å². The molecule has 0 unspecified atom stereocenters. The van der Waals surface area contributed by atoms with Gasteiger partial charge >= 0.3 is 0 Å². The summed E-state index contributed by atoms with van der Waals surface area (Å²) in [6, 6.07) is 63.6. The summed E-state index contributed by atoms with van der Waals surface area (Å²) in [7, 11) is 0. The molecule has 5 nitrogen and oxygen atoms in total. The molecule has 12 rings (SSSR count). The minimum Gasteiger partial charge on any atom is -0.456 e. The smallest absolute Gasteiger partial charge is 0.164 e. The van der Waals surface area contributed by atoms with E-state index in [4.69, 9.17) is 19.4 Å². The van der Waals surface area contributed by atoms with Gasteiger partial charge in [0.2, 0.25) is 0 Å². The number of thiophene rings is 1. The summed E-state index contributed by atoms with van der Waals surface area (Å²) in [4.78, 5) is 15.2. The topological polar surface area (TPSA) is 56.7 Å². The number of hydrogen-bond donors (Lipinski definition) is 0. The number of aromatic nitrogens is 4. The van der Waals surface area contributed by atoms with Gasteiger partial charge in [-0.3, -0.25) is 0 Å². The zero-order valence-electron chi connectivity index (χ0n) is 30.4. The van der Waals surface area contributed by atoms with Gasteiger partial charge < -0.3 is 8.98 Å². The molecule has 0 saturated heterocycles. The standard InChI is InChI=1S/C51H30N4OS/c1-3-15-31(16-4-1)49-52-50(32-17-5-2-6-18-32)54-51(53-49)39-25-14-27-42-46(39)45-36-22-8-7-21-35(36)40(30-43(45)56-42)33-19-13-20-34(29-33)55-41-26-11-9-23-37(41)48-47(55)38-24-10-12-28-44(38)57-48/h1-30H. The van der Waals surface area contributed by atoms with E-state index in [2.05, 4.69) is 114 Å². The molecule has 0 radical (unpaired) electrons. The highest BCUT2D eigenvalue weighted by atomic mass is 32.1. The highest BCUT2D eigenvalue weighted by Gasteiger charge is 2.22. The molecule has 0 bridgehead atoms. The second-order valence-electron chi connectivity index (χ2n) is 14.3. The molecule has 12 aromatic rings. The third-order valence-corrected chi connectivity index (χ3v) is 12.2. The number of rotatable bonds is 5. The molecule has 0 spiro atoms. The van der Waals surface area contributed by atoms with Crippen LogP contribution >= 0.6 is 11.3 Å². The van der Waals surface area contributed by atoms with Gasteiger partial charge in [-0.2, -0.15) is 0 Å². The highest BCUT2D eigenvalue weighted by Crippen LogP contribution is 2.45. The number of furan rings is 1. The van der Waals surface area contributed by atoms with Gasteiger partial charge in [0.1, 0.15) is 11.2 Å². The Morgan fingerprint density at radius 3 is 1.81 bits per heavy atom. The fourth-order valence-corrected chi connectivity index (χ4v) is 9.75. The van der Waals surface area contributed by atoms with Crippen LogP contribution in [0.25, 0.3) is 115 Å². The van der Waals surface area contributed by atoms with Gasteiger partial charge in [0, 0.05) is 48.6 Å². The molecule has 0 atom stereocenters. The van der Waals surface area contributed by atoms with E-state index < -0.39 is 0 Å². The van der Waals surface area contributed by atoms with Crippen LogP contribution in [-0.2, 0) is 0 Å². The van der Waals surface area contributed by atoms with E-state index in [1.54, 1.807) is 0 Å². The molecule has 0 aliphatic rings. The Morgan fingerprint density at radius 1 is 0.421 bits per heavy atom. The molecule has 6 heteroatoms. The van der Waals surface area contributed by atoms with Crippen molar-refractivity contribution in [3.8, 4) is 51.0 Å². The van der Waals surface area contributed by atoms with Crippen LogP contribution in [0.5, 0.6) is 0 Å². The van der Waals surface area contributed by atoms with Crippen LogP contribution in [0, 0.1) is 0 Å². The van der Waals surface area contributed by atoms with Crippen molar-refractivity contribution in [1.29, 1.82) is 0 Å². The van der Waals surface area contributed by atoms with E-state index in [0.29, 0.717) is 17.5 Å². The quantitative estimate of drug-likeness (QED) is 0.176. The van der Waals surface area contributed by atoms with E-state index in [0.717, 1.165) is 66.2 Å². The van der Waals surface area contributed by atoms with Gasteiger partial charge in [-0.15, -0.1) is 11.3 Å².